The van der Waals surface area contributed by atoms with Crippen molar-refractivity contribution < 1.29 is 23.1 Å². The molecule has 32 heavy (non-hydrogen) atoms. The molecule has 174 valence electrons. The SMILES string of the molecule is CC(C)(C)OC(=O)N1CCN(S(=O)(=O)c2c(Cl)ccc(Nc3c(Cl)c(=O)c3=O)c2O)CC1. The van der Waals surface area contributed by atoms with Crippen molar-refractivity contribution >= 4 is 50.7 Å². The number of nitrogens with zero attached hydrogens (tertiary/aromatic N) is 2. The van der Waals surface area contributed by atoms with Gasteiger partial charge in [-0.15, -0.1) is 0 Å². The molecule has 1 aliphatic rings. The van der Waals surface area contributed by atoms with E-state index in [9.17, 15) is 27.9 Å². The predicted molar refractivity (Wildman–Crippen MR) is 119 cm³/mol. The van der Waals surface area contributed by atoms with Crippen LogP contribution < -0.4 is 16.2 Å². The molecule has 0 bridgehead atoms. The summed E-state index contributed by atoms with van der Waals surface area (Å²) in [5.74, 6) is -0.726. The second-order valence-electron chi connectivity index (χ2n) is 8.12. The summed E-state index contributed by atoms with van der Waals surface area (Å²) >= 11 is 11.8. The number of sulfonamides is 1. The fourth-order valence-electron chi connectivity index (χ4n) is 3.07. The van der Waals surface area contributed by atoms with Gasteiger partial charge in [-0.2, -0.15) is 4.31 Å². The third-order valence-corrected chi connectivity index (χ3v) is 7.45. The number of phenolic OH excluding ortho intramolecular Hbond substituents is 1. The van der Waals surface area contributed by atoms with Crippen molar-refractivity contribution in [3.8, 4) is 5.75 Å². The summed E-state index contributed by atoms with van der Waals surface area (Å²) in [6, 6.07) is 2.48. The van der Waals surface area contributed by atoms with Crippen LogP contribution >= 0.6 is 23.2 Å². The second kappa shape index (κ2) is 8.54. The van der Waals surface area contributed by atoms with E-state index in [1.54, 1.807) is 20.8 Å². The third-order valence-electron chi connectivity index (χ3n) is 4.68. The van der Waals surface area contributed by atoms with E-state index in [4.69, 9.17) is 27.9 Å². The summed E-state index contributed by atoms with van der Waals surface area (Å²) < 4.78 is 32.8. The van der Waals surface area contributed by atoms with Crippen molar-refractivity contribution in [2.75, 3.05) is 31.5 Å². The molecule has 0 aliphatic carbocycles. The number of hydrogen-bond acceptors (Lipinski definition) is 8. The molecule has 1 fully saturated rings. The van der Waals surface area contributed by atoms with Crippen molar-refractivity contribution in [3.63, 3.8) is 0 Å². The van der Waals surface area contributed by atoms with E-state index < -0.39 is 43.2 Å². The molecular formula is C19H21Cl2N3O7S. The molecule has 2 aromatic carbocycles. The van der Waals surface area contributed by atoms with Gasteiger partial charge in [0.15, 0.2) is 5.75 Å². The van der Waals surface area contributed by atoms with Gasteiger partial charge in [0.25, 0.3) is 5.43 Å². The highest BCUT2D eigenvalue weighted by molar-refractivity contribution is 7.89. The number of rotatable bonds is 4. The first kappa shape index (κ1) is 24.3. The van der Waals surface area contributed by atoms with Gasteiger partial charge in [0, 0.05) is 26.2 Å². The molecule has 10 nitrogen and oxygen atoms in total. The van der Waals surface area contributed by atoms with Crippen molar-refractivity contribution in [2.24, 2.45) is 0 Å². The molecule has 0 aromatic heterocycles. The topological polar surface area (TPSA) is 133 Å². The fraction of sp³-hybridized carbons (Fsp3) is 0.421. The lowest BCUT2D eigenvalue weighted by atomic mass is 10.2. The molecule has 2 aromatic rings. The van der Waals surface area contributed by atoms with Crippen LogP contribution in [0.3, 0.4) is 0 Å². The lowest BCUT2D eigenvalue weighted by Gasteiger charge is -2.35. The number of benzene rings is 1. The van der Waals surface area contributed by atoms with Gasteiger partial charge in [-0.1, -0.05) is 23.2 Å². The summed E-state index contributed by atoms with van der Waals surface area (Å²) in [5, 5.41) is 12.5. The Hall–Kier alpha value is -2.34. The Labute approximate surface area is 194 Å². The summed E-state index contributed by atoms with van der Waals surface area (Å²) in [5.41, 5.74) is -2.85. The smallest absolute Gasteiger partial charge is 0.410 e. The number of phenols is 1. The second-order valence-corrected chi connectivity index (χ2v) is 10.8. The van der Waals surface area contributed by atoms with Crippen LogP contribution in [-0.2, 0) is 14.8 Å². The molecule has 1 saturated heterocycles. The molecule has 0 spiro atoms. The molecule has 0 radical (unpaired) electrons. The highest BCUT2D eigenvalue weighted by atomic mass is 35.5. The standard InChI is InChI=1S/C19H21Cl2N3O7S/c1-19(2,3)31-18(28)23-6-8-24(9-7-23)32(29,30)17-10(20)4-5-11(14(17)25)22-13-12(21)15(26)16(13)27/h4-5,22,25H,6-9H2,1-3H3. The predicted octanol–water partition coefficient (Wildman–Crippen LogP) is 2.28. The maximum absolute atomic E-state index is 13.2. The van der Waals surface area contributed by atoms with E-state index in [1.807, 2.05) is 0 Å². The molecule has 0 unspecified atom stereocenters. The van der Waals surface area contributed by atoms with Crippen molar-refractivity contribution in [1.29, 1.82) is 0 Å². The summed E-state index contributed by atoms with van der Waals surface area (Å²) in [6.07, 6.45) is -0.550. The zero-order chi connectivity index (χ0) is 24.0. The lowest BCUT2D eigenvalue weighted by Crippen LogP contribution is -2.51. The van der Waals surface area contributed by atoms with Crippen LogP contribution in [0.2, 0.25) is 10.0 Å². The number of piperazine rings is 1. The monoisotopic (exact) mass is 505 g/mol. The maximum Gasteiger partial charge on any atom is 0.410 e. The molecule has 1 amide bonds. The van der Waals surface area contributed by atoms with Crippen molar-refractivity contribution in [3.05, 3.63) is 42.6 Å². The number of ether oxygens (including phenoxy) is 1. The minimum Gasteiger partial charge on any atom is -0.504 e. The average Bonchev–Trinajstić information content (AvgIpc) is 2.71. The van der Waals surface area contributed by atoms with E-state index in [2.05, 4.69) is 5.32 Å². The number of hydrogen-bond donors (Lipinski definition) is 2. The molecule has 1 heterocycles. The van der Waals surface area contributed by atoms with Crippen LogP contribution in [0.25, 0.3) is 0 Å². The third kappa shape index (κ3) is 4.56. The van der Waals surface area contributed by atoms with Crippen LogP contribution in [0.4, 0.5) is 16.2 Å². The number of amides is 1. The number of anilines is 2. The first-order chi connectivity index (χ1) is 14.7. The van der Waals surface area contributed by atoms with Gasteiger partial charge >= 0.3 is 6.09 Å². The lowest BCUT2D eigenvalue weighted by molar-refractivity contribution is 0.0192. The first-order valence-electron chi connectivity index (χ1n) is 9.49. The number of nitrogens with one attached hydrogen (secondary N) is 1. The van der Waals surface area contributed by atoms with Crippen LogP contribution in [-0.4, -0.2) is 60.6 Å². The summed E-state index contributed by atoms with van der Waals surface area (Å²) in [6.45, 7) is 5.28. The van der Waals surface area contributed by atoms with Crippen LogP contribution in [0.1, 0.15) is 20.8 Å². The number of carbonyl (C=O) groups excluding carboxylic acids is 1. The zero-order valence-electron chi connectivity index (χ0n) is 17.4. The molecule has 2 N–H and O–H groups in total. The zero-order valence-corrected chi connectivity index (χ0v) is 19.8. The number of halogens is 2. The summed E-state index contributed by atoms with van der Waals surface area (Å²) in [4.78, 5) is 35.9. The van der Waals surface area contributed by atoms with Gasteiger partial charge in [0.1, 0.15) is 21.2 Å². The van der Waals surface area contributed by atoms with Crippen molar-refractivity contribution in [2.45, 2.75) is 31.3 Å². The maximum atomic E-state index is 13.2. The molecule has 0 saturated carbocycles. The van der Waals surface area contributed by atoms with Gasteiger partial charge in [-0.05, 0) is 32.9 Å². The Kier molecular flexibility index (Phi) is 6.49. The Bertz CT molecular complexity index is 1240. The van der Waals surface area contributed by atoms with Gasteiger partial charge in [-0.3, -0.25) is 9.59 Å². The molecule has 0 atom stereocenters. The van der Waals surface area contributed by atoms with Gasteiger partial charge in [0.2, 0.25) is 15.5 Å². The number of carbonyl (C=O) groups is 1. The molecule has 1 aliphatic heterocycles. The minimum atomic E-state index is -4.26. The van der Waals surface area contributed by atoms with E-state index in [0.717, 1.165) is 4.31 Å². The van der Waals surface area contributed by atoms with Gasteiger partial charge in [0.05, 0.1) is 10.7 Å². The quantitative estimate of drug-likeness (QED) is 0.477. The Morgan fingerprint density at radius 2 is 1.69 bits per heavy atom. The van der Waals surface area contributed by atoms with Crippen molar-refractivity contribution in [1.82, 2.24) is 9.21 Å². The van der Waals surface area contributed by atoms with E-state index >= 15 is 0 Å². The highest BCUT2D eigenvalue weighted by Crippen LogP contribution is 2.40. The average molecular weight is 506 g/mol. The van der Waals surface area contributed by atoms with Crippen LogP contribution in [0.15, 0.2) is 26.6 Å². The van der Waals surface area contributed by atoms with Crippen LogP contribution in [0.5, 0.6) is 5.75 Å². The van der Waals surface area contributed by atoms with E-state index in [-0.39, 0.29) is 47.6 Å². The highest BCUT2D eigenvalue weighted by Gasteiger charge is 2.35. The van der Waals surface area contributed by atoms with E-state index in [1.165, 1.54) is 17.0 Å². The Morgan fingerprint density at radius 3 is 2.22 bits per heavy atom. The minimum absolute atomic E-state index is 0.0427. The summed E-state index contributed by atoms with van der Waals surface area (Å²) in [7, 11) is -4.26. The first-order valence-corrected chi connectivity index (χ1v) is 11.7. The van der Waals surface area contributed by atoms with Gasteiger partial charge in [-0.25, -0.2) is 13.2 Å². The largest absolute Gasteiger partial charge is 0.504 e. The Morgan fingerprint density at radius 1 is 1.09 bits per heavy atom. The molecular weight excluding hydrogens is 485 g/mol. The number of aromatic hydroxyl groups is 1. The molecule has 13 heteroatoms. The normalized spacial score (nSPS) is 15.7. The Balaban J connectivity index is 1.82. The van der Waals surface area contributed by atoms with Gasteiger partial charge < -0.3 is 20.1 Å². The molecule has 3 rings (SSSR count). The van der Waals surface area contributed by atoms with E-state index in [0.29, 0.717) is 0 Å². The fourth-order valence-corrected chi connectivity index (χ4v) is 5.30. The van der Waals surface area contributed by atoms with Crippen LogP contribution in [0, 0.1) is 0 Å².